The predicted octanol–water partition coefficient (Wildman–Crippen LogP) is 5.04. The summed E-state index contributed by atoms with van der Waals surface area (Å²) in [5.41, 5.74) is 1.29. The number of anilines is 1. The second kappa shape index (κ2) is 8.13. The van der Waals surface area contributed by atoms with Gasteiger partial charge < -0.3 is 0 Å². The van der Waals surface area contributed by atoms with Gasteiger partial charge >= 0.3 is 6.18 Å². The lowest BCUT2D eigenvalue weighted by molar-refractivity contribution is -0.142. The monoisotopic (exact) mass is 463 g/mol. The molecule has 8 heteroatoms. The Morgan fingerprint density at radius 3 is 2.00 bits per heavy atom. The highest BCUT2D eigenvalue weighted by Gasteiger charge is 2.58. The van der Waals surface area contributed by atoms with Crippen molar-refractivity contribution in [2.75, 3.05) is 5.01 Å². The summed E-state index contributed by atoms with van der Waals surface area (Å²) in [6.45, 7) is 1.79. The summed E-state index contributed by atoms with van der Waals surface area (Å²) in [6, 6.07) is 21.3. The lowest BCUT2D eigenvalue weighted by atomic mass is 9.92. The van der Waals surface area contributed by atoms with E-state index in [1.165, 1.54) is 22.0 Å². The van der Waals surface area contributed by atoms with Crippen LogP contribution in [0.5, 0.6) is 0 Å². The summed E-state index contributed by atoms with van der Waals surface area (Å²) < 4.78 is 39.2. The Labute approximate surface area is 194 Å². The van der Waals surface area contributed by atoms with Crippen LogP contribution in [0.15, 0.2) is 90.0 Å². The predicted molar refractivity (Wildman–Crippen MR) is 121 cm³/mol. The highest BCUT2D eigenvalue weighted by atomic mass is 19.4. The molecule has 0 radical (unpaired) electrons. The highest BCUT2D eigenvalue weighted by Crippen LogP contribution is 2.40. The number of benzene rings is 3. The fourth-order valence-corrected chi connectivity index (χ4v) is 4.56. The molecule has 0 aliphatic carbocycles. The quantitative estimate of drug-likeness (QED) is 0.509. The van der Waals surface area contributed by atoms with Gasteiger partial charge in [0.05, 0.1) is 23.0 Å². The molecule has 34 heavy (non-hydrogen) atoms. The molecule has 0 unspecified atom stereocenters. The number of para-hydroxylation sites is 1. The number of alkyl halides is 3. The van der Waals surface area contributed by atoms with E-state index in [0.29, 0.717) is 11.3 Å². The zero-order valence-corrected chi connectivity index (χ0v) is 18.1. The molecule has 3 atom stereocenters. The highest BCUT2D eigenvalue weighted by molar-refractivity contribution is 6.25. The van der Waals surface area contributed by atoms with E-state index in [1.807, 2.05) is 36.4 Å². The number of carbonyl (C=O) groups is 2. The first-order valence-corrected chi connectivity index (χ1v) is 10.8. The van der Waals surface area contributed by atoms with Crippen molar-refractivity contribution in [3.63, 3.8) is 0 Å². The van der Waals surface area contributed by atoms with Gasteiger partial charge in [-0.15, -0.1) is 0 Å². The van der Waals surface area contributed by atoms with Gasteiger partial charge in [0, 0.05) is 0 Å². The summed E-state index contributed by atoms with van der Waals surface area (Å²) in [5.74, 6) is -1.72. The van der Waals surface area contributed by atoms with Crippen molar-refractivity contribution in [2.24, 2.45) is 11.0 Å². The van der Waals surface area contributed by atoms with E-state index in [9.17, 15) is 22.8 Å². The number of hydrogen-bond donors (Lipinski definition) is 0. The maximum atomic E-state index is 13.6. The Kier molecular flexibility index (Phi) is 5.23. The van der Waals surface area contributed by atoms with Gasteiger partial charge in [-0.05, 0) is 42.3 Å². The first-order valence-electron chi connectivity index (χ1n) is 10.8. The average Bonchev–Trinajstić information content (AvgIpc) is 3.36. The minimum Gasteiger partial charge on any atom is -0.274 e. The first kappa shape index (κ1) is 21.9. The SMILES string of the molecule is C[C@H](c1ccccc1)N1C(=O)[C@H]2C(c3ccc(C(F)(F)F)cc3)=NN(c3ccccc3)[C@H]2C1=O. The van der Waals surface area contributed by atoms with Crippen LogP contribution in [0.4, 0.5) is 18.9 Å². The van der Waals surface area contributed by atoms with E-state index in [-0.39, 0.29) is 11.6 Å². The van der Waals surface area contributed by atoms with E-state index in [0.717, 1.165) is 17.7 Å². The van der Waals surface area contributed by atoms with Crippen LogP contribution >= 0.6 is 0 Å². The van der Waals surface area contributed by atoms with Crippen LogP contribution in [0.1, 0.15) is 29.7 Å². The Morgan fingerprint density at radius 2 is 1.41 bits per heavy atom. The van der Waals surface area contributed by atoms with Crippen molar-refractivity contribution in [2.45, 2.75) is 25.2 Å². The van der Waals surface area contributed by atoms with Crippen molar-refractivity contribution < 1.29 is 22.8 Å². The molecule has 0 aromatic heterocycles. The van der Waals surface area contributed by atoms with Crippen molar-refractivity contribution in [1.29, 1.82) is 0 Å². The number of nitrogens with zero attached hydrogens (tertiary/aromatic N) is 3. The Bertz CT molecular complexity index is 1260. The molecule has 5 nitrogen and oxygen atoms in total. The number of fused-ring (bicyclic) bond motifs is 1. The summed E-state index contributed by atoms with van der Waals surface area (Å²) in [6.07, 6.45) is -4.48. The number of rotatable bonds is 4. The van der Waals surface area contributed by atoms with Gasteiger partial charge in [0.2, 0.25) is 5.91 Å². The summed E-state index contributed by atoms with van der Waals surface area (Å²) in [5, 5.41) is 6.08. The minimum absolute atomic E-state index is 0.281. The van der Waals surface area contributed by atoms with Crippen LogP contribution in [0, 0.1) is 5.92 Å². The lowest BCUT2D eigenvalue weighted by Gasteiger charge is -2.26. The van der Waals surface area contributed by atoms with Crippen molar-refractivity contribution in [3.05, 3.63) is 102 Å². The van der Waals surface area contributed by atoms with Crippen molar-refractivity contribution in [1.82, 2.24) is 4.90 Å². The van der Waals surface area contributed by atoms with Gasteiger partial charge in [0.15, 0.2) is 0 Å². The molecule has 2 aliphatic rings. The van der Waals surface area contributed by atoms with Crippen LogP contribution in [0.2, 0.25) is 0 Å². The van der Waals surface area contributed by atoms with Gasteiger partial charge in [0.1, 0.15) is 12.0 Å². The second-order valence-electron chi connectivity index (χ2n) is 8.30. The van der Waals surface area contributed by atoms with Crippen molar-refractivity contribution >= 4 is 23.2 Å². The van der Waals surface area contributed by atoms with Gasteiger partial charge in [-0.2, -0.15) is 18.3 Å². The second-order valence-corrected chi connectivity index (χ2v) is 8.30. The van der Waals surface area contributed by atoms with E-state index >= 15 is 0 Å². The minimum atomic E-state index is -4.48. The molecule has 172 valence electrons. The number of hydrazone groups is 1. The molecule has 2 heterocycles. The number of halogens is 3. The van der Waals surface area contributed by atoms with Crippen LogP contribution in [-0.2, 0) is 15.8 Å². The fourth-order valence-electron chi connectivity index (χ4n) is 4.56. The summed E-state index contributed by atoms with van der Waals surface area (Å²) in [4.78, 5) is 28.5. The third-order valence-corrected chi connectivity index (χ3v) is 6.28. The summed E-state index contributed by atoms with van der Waals surface area (Å²) in [7, 11) is 0. The molecule has 0 bridgehead atoms. The van der Waals surface area contributed by atoms with Crippen LogP contribution in [0.25, 0.3) is 0 Å². The molecule has 1 saturated heterocycles. The molecule has 0 N–H and O–H groups in total. The zero-order chi connectivity index (χ0) is 24.0. The van der Waals surface area contributed by atoms with Crippen LogP contribution in [-0.4, -0.2) is 28.5 Å². The van der Waals surface area contributed by atoms with Crippen LogP contribution in [0.3, 0.4) is 0 Å². The Morgan fingerprint density at radius 1 is 0.824 bits per heavy atom. The van der Waals surface area contributed by atoms with Gasteiger partial charge in [-0.1, -0.05) is 60.7 Å². The lowest BCUT2D eigenvalue weighted by Crippen LogP contribution is -2.40. The largest absolute Gasteiger partial charge is 0.416 e. The van der Waals surface area contributed by atoms with Crippen LogP contribution < -0.4 is 5.01 Å². The molecule has 2 amide bonds. The molecular weight excluding hydrogens is 443 g/mol. The first-order chi connectivity index (χ1) is 16.3. The Balaban J connectivity index is 1.58. The molecule has 1 fully saturated rings. The number of hydrogen-bond acceptors (Lipinski definition) is 4. The molecule has 3 aromatic carbocycles. The third kappa shape index (κ3) is 3.55. The topological polar surface area (TPSA) is 53.0 Å². The molecule has 5 rings (SSSR count). The third-order valence-electron chi connectivity index (χ3n) is 6.28. The fraction of sp³-hybridized carbons (Fsp3) is 0.192. The van der Waals surface area contributed by atoms with Gasteiger partial charge in [0.25, 0.3) is 5.91 Å². The number of imide groups is 1. The molecule has 0 saturated carbocycles. The number of amides is 2. The Hall–Kier alpha value is -3.94. The number of carbonyl (C=O) groups excluding carboxylic acids is 2. The van der Waals surface area contributed by atoms with Gasteiger partial charge in [-0.3, -0.25) is 19.5 Å². The van der Waals surface area contributed by atoms with E-state index in [4.69, 9.17) is 0 Å². The normalized spacial score (nSPS) is 21.0. The molecular formula is C26H20F3N3O2. The summed E-state index contributed by atoms with van der Waals surface area (Å²) >= 11 is 0. The maximum absolute atomic E-state index is 13.6. The zero-order valence-electron chi connectivity index (χ0n) is 18.1. The van der Waals surface area contributed by atoms with Gasteiger partial charge in [-0.25, -0.2) is 0 Å². The number of likely N-dealkylation sites (tertiary alicyclic amines) is 1. The van der Waals surface area contributed by atoms with E-state index in [2.05, 4.69) is 5.10 Å². The molecule has 3 aromatic rings. The standard InChI is InChI=1S/C26H20F3N3O2/c1-16(17-8-4-2-5-9-17)31-24(33)21-22(18-12-14-19(15-13-18)26(27,28)29)30-32(23(21)25(31)34)20-10-6-3-7-11-20/h2-16,21,23H,1H3/t16-,21+,23-/m1/s1. The average molecular weight is 463 g/mol. The molecule has 0 spiro atoms. The van der Waals surface area contributed by atoms with E-state index in [1.54, 1.807) is 31.2 Å². The smallest absolute Gasteiger partial charge is 0.274 e. The van der Waals surface area contributed by atoms with Crippen molar-refractivity contribution in [3.8, 4) is 0 Å². The van der Waals surface area contributed by atoms with E-state index < -0.39 is 35.6 Å². The maximum Gasteiger partial charge on any atom is 0.416 e. The molecule has 2 aliphatic heterocycles.